The molecule has 0 radical (unpaired) electrons. The molecule has 5 aliphatic heterocycles. The Labute approximate surface area is 148 Å². The van der Waals surface area contributed by atoms with Crippen molar-refractivity contribution in [2.45, 2.75) is 37.3 Å². The van der Waals surface area contributed by atoms with E-state index in [2.05, 4.69) is 39.3 Å². The summed E-state index contributed by atoms with van der Waals surface area (Å²) in [5, 5.41) is 3.30. The third-order valence-corrected chi connectivity index (χ3v) is 6.39. The molecule has 6 rings (SSSR count). The Morgan fingerprint density at radius 1 is 1.24 bits per heavy atom. The number of hydrogen-bond acceptors (Lipinski definition) is 5. The van der Waals surface area contributed by atoms with Crippen LogP contribution in [0.1, 0.15) is 42.3 Å². The Bertz CT molecular complexity index is 665. The number of benzene rings is 1. The van der Waals surface area contributed by atoms with Gasteiger partial charge in [0.05, 0.1) is 12.3 Å². The summed E-state index contributed by atoms with van der Waals surface area (Å²) in [6.45, 7) is 5.03. The van der Waals surface area contributed by atoms with Gasteiger partial charge in [0.25, 0.3) is 0 Å². The molecule has 3 N–H and O–H groups in total. The van der Waals surface area contributed by atoms with Gasteiger partial charge in [-0.05, 0) is 49.9 Å². The minimum atomic E-state index is -0.306. The van der Waals surface area contributed by atoms with Gasteiger partial charge in [-0.15, -0.1) is 0 Å². The quantitative estimate of drug-likeness (QED) is 0.774. The summed E-state index contributed by atoms with van der Waals surface area (Å²) in [4.78, 5) is 15.3. The zero-order valence-electron chi connectivity index (χ0n) is 14.5. The van der Waals surface area contributed by atoms with Crippen molar-refractivity contribution in [3.63, 3.8) is 0 Å². The molecule has 0 saturated carbocycles. The second kappa shape index (κ2) is 6.27. The van der Waals surface area contributed by atoms with Crippen LogP contribution >= 0.6 is 0 Å². The third kappa shape index (κ3) is 2.82. The van der Waals surface area contributed by atoms with Gasteiger partial charge >= 0.3 is 0 Å². The summed E-state index contributed by atoms with van der Waals surface area (Å²) in [5.74, 6) is 1.21. The van der Waals surface area contributed by atoms with Crippen LogP contribution in [0.2, 0.25) is 0 Å². The van der Waals surface area contributed by atoms with E-state index >= 15 is 0 Å². The maximum Gasteiger partial charge on any atom is 0.243 e. The van der Waals surface area contributed by atoms with Crippen molar-refractivity contribution >= 4 is 11.6 Å². The van der Waals surface area contributed by atoms with Crippen molar-refractivity contribution in [2.24, 2.45) is 5.92 Å². The van der Waals surface area contributed by atoms with Gasteiger partial charge in [0.15, 0.2) is 0 Å². The van der Waals surface area contributed by atoms with Gasteiger partial charge in [0.1, 0.15) is 6.04 Å². The van der Waals surface area contributed by atoms with E-state index in [1.165, 1.54) is 31.5 Å². The zero-order valence-corrected chi connectivity index (χ0v) is 14.5. The predicted molar refractivity (Wildman–Crippen MR) is 95.2 cm³/mol. The lowest BCUT2D eigenvalue weighted by atomic mass is 9.84. The molecule has 0 aromatic heterocycles. The molecule has 0 spiro atoms. The van der Waals surface area contributed by atoms with Crippen LogP contribution in [0, 0.1) is 5.92 Å². The Morgan fingerprint density at radius 3 is 2.84 bits per heavy atom. The first-order valence-electron chi connectivity index (χ1n) is 9.54. The molecule has 4 fully saturated rings. The highest BCUT2D eigenvalue weighted by molar-refractivity contribution is 5.87. The van der Waals surface area contributed by atoms with Crippen LogP contribution in [-0.4, -0.2) is 49.7 Å². The zero-order chi connectivity index (χ0) is 16.8. The highest BCUT2D eigenvalue weighted by atomic mass is 16.5. The SMILES string of the molecule is O=C(N[C@@H]1CN2CCC1CC2)C1NNc2cc(C3CCOC3)ccc21. The summed E-state index contributed by atoms with van der Waals surface area (Å²) >= 11 is 0. The molecule has 2 bridgehead atoms. The first-order chi connectivity index (χ1) is 12.3. The van der Waals surface area contributed by atoms with Gasteiger partial charge in [-0.1, -0.05) is 12.1 Å². The number of ether oxygens (including phenoxy) is 1. The maximum atomic E-state index is 12.8. The van der Waals surface area contributed by atoms with Crippen LogP contribution in [0.4, 0.5) is 5.69 Å². The van der Waals surface area contributed by atoms with Gasteiger partial charge in [-0.25, -0.2) is 5.43 Å². The molecular weight excluding hydrogens is 316 g/mol. The van der Waals surface area contributed by atoms with Crippen molar-refractivity contribution in [3.8, 4) is 0 Å². The second-order valence-corrected chi connectivity index (χ2v) is 7.86. The van der Waals surface area contributed by atoms with Gasteiger partial charge in [0, 0.05) is 30.7 Å². The molecule has 25 heavy (non-hydrogen) atoms. The molecule has 134 valence electrons. The maximum absolute atomic E-state index is 12.8. The van der Waals surface area contributed by atoms with Crippen molar-refractivity contribution in [1.82, 2.24) is 15.6 Å². The third-order valence-electron chi connectivity index (χ3n) is 6.39. The minimum absolute atomic E-state index is 0.0851. The first kappa shape index (κ1) is 15.6. The van der Waals surface area contributed by atoms with Gasteiger partial charge in [-0.2, -0.15) is 0 Å². The number of hydrogen-bond donors (Lipinski definition) is 3. The van der Waals surface area contributed by atoms with Crippen LogP contribution < -0.4 is 16.2 Å². The fourth-order valence-electron chi connectivity index (χ4n) is 4.81. The van der Waals surface area contributed by atoms with E-state index in [4.69, 9.17) is 4.74 Å². The standard InChI is InChI=1S/C19H26N4O2/c24-19(20-17-10-23-6-3-12(17)4-7-23)18-15-2-1-13(9-16(15)21-22-18)14-5-8-25-11-14/h1-2,9,12,14,17-18,21-22H,3-8,10-11H2,(H,20,24)/t14?,17-,18?/m1/s1. The average molecular weight is 342 g/mol. The van der Waals surface area contributed by atoms with Crippen LogP contribution in [0.5, 0.6) is 0 Å². The minimum Gasteiger partial charge on any atom is -0.381 e. The highest BCUT2D eigenvalue weighted by Crippen LogP contribution is 2.34. The molecule has 4 saturated heterocycles. The molecule has 6 heteroatoms. The average Bonchev–Trinajstić information content (AvgIpc) is 3.32. The number of nitrogens with zero attached hydrogens (tertiary/aromatic N) is 1. The summed E-state index contributed by atoms with van der Waals surface area (Å²) in [6, 6.07) is 6.41. The van der Waals surface area contributed by atoms with Gasteiger partial charge in [-0.3, -0.25) is 4.79 Å². The summed E-state index contributed by atoms with van der Waals surface area (Å²) in [5.41, 5.74) is 9.74. The van der Waals surface area contributed by atoms with E-state index in [-0.39, 0.29) is 11.9 Å². The smallest absolute Gasteiger partial charge is 0.243 e. The van der Waals surface area contributed by atoms with E-state index in [1.807, 2.05) is 0 Å². The van der Waals surface area contributed by atoms with Crippen LogP contribution in [0.25, 0.3) is 0 Å². The number of nitrogens with one attached hydrogen (secondary N) is 3. The second-order valence-electron chi connectivity index (χ2n) is 7.86. The lowest BCUT2D eigenvalue weighted by Crippen LogP contribution is -2.58. The molecular formula is C19H26N4O2. The number of fused-ring (bicyclic) bond motifs is 4. The van der Waals surface area contributed by atoms with E-state index in [0.717, 1.165) is 37.4 Å². The summed E-state index contributed by atoms with van der Waals surface area (Å²) in [6.07, 6.45) is 3.51. The number of anilines is 1. The van der Waals surface area contributed by atoms with Crippen molar-refractivity contribution in [3.05, 3.63) is 29.3 Å². The Balaban J connectivity index is 1.29. The summed E-state index contributed by atoms with van der Waals surface area (Å²) < 4.78 is 5.49. The van der Waals surface area contributed by atoms with Crippen molar-refractivity contribution < 1.29 is 9.53 Å². The Kier molecular flexibility index (Phi) is 3.91. The van der Waals surface area contributed by atoms with Crippen LogP contribution in [-0.2, 0) is 9.53 Å². The van der Waals surface area contributed by atoms with Gasteiger partial charge < -0.3 is 20.4 Å². The molecule has 5 aliphatic rings. The number of piperidine rings is 3. The normalized spacial score (nSPS) is 36.1. The Hall–Kier alpha value is -1.63. The van der Waals surface area contributed by atoms with Crippen molar-refractivity contribution in [1.29, 1.82) is 0 Å². The molecule has 1 amide bonds. The lowest BCUT2D eigenvalue weighted by molar-refractivity contribution is -0.125. The monoisotopic (exact) mass is 342 g/mol. The van der Waals surface area contributed by atoms with Gasteiger partial charge in [0.2, 0.25) is 5.91 Å². The van der Waals surface area contributed by atoms with E-state index in [0.29, 0.717) is 17.9 Å². The first-order valence-corrected chi connectivity index (χ1v) is 9.54. The van der Waals surface area contributed by atoms with Crippen LogP contribution in [0.3, 0.4) is 0 Å². The highest BCUT2D eigenvalue weighted by Gasteiger charge is 2.37. The molecule has 5 heterocycles. The Morgan fingerprint density at radius 2 is 2.12 bits per heavy atom. The van der Waals surface area contributed by atoms with E-state index in [1.54, 1.807) is 0 Å². The molecule has 3 atom stereocenters. The van der Waals surface area contributed by atoms with E-state index in [9.17, 15) is 4.79 Å². The number of rotatable bonds is 3. The fourth-order valence-corrected chi connectivity index (χ4v) is 4.81. The van der Waals surface area contributed by atoms with E-state index < -0.39 is 0 Å². The number of hydrazine groups is 1. The number of carbonyl (C=O) groups is 1. The number of carbonyl (C=O) groups excluding carboxylic acids is 1. The van der Waals surface area contributed by atoms with Crippen LogP contribution in [0.15, 0.2) is 18.2 Å². The fraction of sp³-hybridized carbons (Fsp3) is 0.632. The molecule has 2 unspecified atom stereocenters. The lowest BCUT2D eigenvalue weighted by Gasteiger charge is -2.45. The summed E-state index contributed by atoms with van der Waals surface area (Å²) in [7, 11) is 0. The largest absolute Gasteiger partial charge is 0.381 e. The molecule has 6 nitrogen and oxygen atoms in total. The molecule has 0 aliphatic carbocycles. The molecule has 1 aromatic carbocycles. The topological polar surface area (TPSA) is 65.6 Å². The number of amides is 1. The molecule has 1 aromatic rings. The van der Waals surface area contributed by atoms with Crippen molar-refractivity contribution in [2.75, 3.05) is 38.3 Å². The predicted octanol–water partition coefficient (Wildman–Crippen LogP) is 1.37.